The highest BCUT2D eigenvalue weighted by Crippen LogP contribution is 2.44. The number of hydrogen-bond donors (Lipinski definition) is 1. The van der Waals surface area contributed by atoms with Crippen LogP contribution in [0, 0.1) is 6.92 Å². The van der Waals surface area contributed by atoms with Crippen molar-refractivity contribution in [3.05, 3.63) is 152 Å². The van der Waals surface area contributed by atoms with Crippen LogP contribution in [0.5, 0.6) is 17.2 Å². The summed E-state index contributed by atoms with van der Waals surface area (Å²) in [7, 11) is 0.480. The van der Waals surface area contributed by atoms with Crippen molar-refractivity contribution in [1.82, 2.24) is 14.5 Å². The number of benzene rings is 3. The van der Waals surface area contributed by atoms with Crippen LogP contribution in [-0.2, 0) is 28.7 Å². The van der Waals surface area contributed by atoms with Crippen LogP contribution in [0.3, 0.4) is 0 Å². The summed E-state index contributed by atoms with van der Waals surface area (Å²) in [6.07, 6.45) is -0.193. The highest BCUT2D eigenvalue weighted by atomic mass is 31.1. The zero-order valence-electron chi connectivity index (χ0n) is 30.7. The number of ether oxygens (including phenoxy) is 5. The number of nitrogens with zero attached hydrogens (tertiary/aromatic N) is 2. The molecule has 3 heterocycles. The zero-order valence-corrected chi connectivity index (χ0v) is 31.6. The van der Waals surface area contributed by atoms with E-state index in [4.69, 9.17) is 32.7 Å². The summed E-state index contributed by atoms with van der Waals surface area (Å²) in [5.41, 5.74) is 0.902. The first-order valence-corrected chi connectivity index (χ1v) is 18.6. The maximum atomic E-state index is 13.5. The summed E-state index contributed by atoms with van der Waals surface area (Å²) in [6.45, 7) is 5.58. The zero-order chi connectivity index (χ0) is 38.2. The predicted octanol–water partition coefficient (Wildman–Crippen LogP) is 6.77. The van der Waals surface area contributed by atoms with Crippen LogP contribution in [0.15, 0.2) is 113 Å². The van der Waals surface area contributed by atoms with Crippen molar-refractivity contribution in [1.29, 1.82) is 0 Å². The summed E-state index contributed by atoms with van der Waals surface area (Å²) in [5, 5.41) is 0. The van der Waals surface area contributed by atoms with Crippen LogP contribution < -0.4 is 25.5 Å². The number of nitrogens with one attached hydrogen (secondary N) is 1. The molecule has 1 unspecified atom stereocenters. The van der Waals surface area contributed by atoms with Crippen LogP contribution in [-0.4, -0.2) is 54.2 Å². The third kappa shape index (κ3) is 8.46. The van der Waals surface area contributed by atoms with Gasteiger partial charge in [0.05, 0.1) is 33.1 Å². The van der Waals surface area contributed by atoms with Gasteiger partial charge in [-0.15, -0.1) is 9.05 Å². The van der Waals surface area contributed by atoms with Gasteiger partial charge >= 0.3 is 13.9 Å². The second kappa shape index (κ2) is 17.3. The standard InChI is InChI=1S/C40H42N3O10P/c1-6-49-33-20-21-41-34(22-33)27(3)52-54(46)53-35-23-37(43-24-26(2)38(44)42-39(43)45)51-36(35)25-50-40(28-10-8-7-9-11-28,29-12-16-31(47-4)17-13-29)30-14-18-32(48-5)19-15-30/h7-22,24,27,35-37H,6,23,25H2,1-5H3/p+1/t27-,35+,36-,37-/m1/s1. The van der Waals surface area contributed by atoms with E-state index >= 15 is 0 Å². The van der Waals surface area contributed by atoms with E-state index in [1.165, 1.54) is 10.8 Å². The van der Waals surface area contributed by atoms with Crippen molar-refractivity contribution in [2.24, 2.45) is 0 Å². The quantitative estimate of drug-likeness (QED) is 0.0840. The normalized spacial score (nSPS) is 17.9. The van der Waals surface area contributed by atoms with Gasteiger partial charge in [0.2, 0.25) is 0 Å². The molecule has 14 heteroatoms. The van der Waals surface area contributed by atoms with Crippen molar-refractivity contribution in [3.8, 4) is 17.2 Å². The molecule has 5 atom stereocenters. The van der Waals surface area contributed by atoms with Crippen LogP contribution in [0.1, 0.15) is 60.5 Å². The average molecular weight is 757 g/mol. The minimum Gasteiger partial charge on any atom is -0.497 e. The first-order chi connectivity index (χ1) is 26.1. The Labute approximate surface area is 313 Å². The largest absolute Gasteiger partial charge is 0.698 e. The number of pyridine rings is 1. The maximum Gasteiger partial charge on any atom is 0.698 e. The lowest BCUT2D eigenvalue weighted by Crippen LogP contribution is -2.38. The first-order valence-electron chi connectivity index (χ1n) is 17.5. The number of methoxy groups -OCH3 is 2. The molecular formula is C40H43N3O10P+. The predicted molar refractivity (Wildman–Crippen MR) is 200 cm³/mol. The molecular weight excluding hydrogens is 713 g/mol. The minimum atomic E-state index is -2.73. The Morgan fingerprint density at radius 1 is 0.926 bits per heavy atom. The Morgan fingerprint density at radius 3 is 2.17 bits per heavy atom. The van der Waals surface area contributed by atoms with E-state index in [0.29, 0.717) is 35.1 Å². The van der Waals surface area contributed by atoms with E-state index in [2.05, 4.69) is 9.97 Å². The molecule has 0 saturated carbocycles. The smallest absolute Gasteiger partial charge is 0.497 e. The molecule has 0 radical (unpaired) electrons. The van der Waals surface area contributed by atoms with Gasteiger partial charge in [-0.3, -0.25) is 19.3 Å². The van der Waals surface area contributed by atoms with Crippen LogP contribution in [0.4, 0.5) is 0 Å². The first kappa shape index (κ1) is 38.6. The average Bonchev–Trinajstić information content (AvgIpc) is 3.59. The summed E-state index contributed by atoms with van der Waals surface area (Å²) in [6, 6.07) is 28.4. The molecule has 6 rings (SSSR count). The topological polar surface area (TPSA) is 149 Å². The number of aromatic nitrogens is 3. The lowest BCUT2D eigenvalue weighted by Gasteiger charge is -2.37. The molecule has 1 aliphatic rings. The fraction of sp³-hybridized carbons (Fsp3) is 0.325. The second-order valence-electron chi connectivity index (χ2n) is 12.6. The van der Waals surface area contributed by atoms with Gasteiger partial charge in [-0.2, -0.15) is 0 Å². The fourth-order valence-electron chi connectivity index (χ4n) is 6.44. The molecule has 2 aromatic heterocycles. The van der Waals surface area contributed by atoms with E-state index in [9.17, 15) is 14.2 Å². The van der Waals surface area contributed by atoms with E-state index in [1.54, 1.807) is 46.4 Å². The fourth-order valence-corrected chi connectivity index (χ4v) is 7.30. The molecule has 0 amide bonds. The summed E-state index contributed by atoms with van der Waals surface area (Å²) in [5.74, 6) is 1.95. The lowest BCUT2D eigenvalue weighted by molar-refractivity contribution is -0.0922. The Hall–Kier alpha value is -5.17. The lowest BCUT2D eigenvalue weighted by atomic mass is 9.80. The molecule has 3 aromatic carbocycles. The minimum absolute atomic E-state index is 0.0815. The van der Waals surface area contributed by atoms with Gasteiger partial charge in [-0.25, -0.2) is 4.79 Å². The third-order valence-corrected chi connectivity index (χ3v) is 10.2. The van der Waals surface area contributed by atoms with Gasteiger partial charge in [0.25, 0.3) is 5.56 Å². The molecule has 54 heavy (non-hydrogen) atoms. The highest BCUT2D eigenvalue weighted by molar-refractivity contribution is 7.33. The van der Waals surface area contributed by atoms with Gasteiger partial charge in [-0.05, 0) is 67.8 Å². The van der Waals surface area contributed by atoms with Crippen LogP contribution in [0.25, 0.3) is 0 Å². The van der Waals surface area contributed by atoms with Crippen molar-refractivity contribution >= 4 is 8.25 Å². The molecule has 0 spiro atoms. The van der Waals surface area contributed by atoms with E-state index in [-0.39, 0.29) is 13.0 Å². The van der Waals surface area contributed by atoms with E-state index < -0.39 is 49.6 Å². The van der Waals surface area contributed by atoms with Gasteiger partial charge in [0.15, 0.2) is 6.10 Å². The Bertz CT molecular complexity index is 2090. The number of hydrogen-bond acceptors (Lipinski definition) is 11. The number of aromatic amines is 1. The number of rotatable bonds is 16. The van der Waals surface area contributed by atoms with Gasteiger partial charge in [0.1, 0.15) is 41.3 Å². The summed E-state index contributed by atoms with van der Waals surface area (Å²) in [4.78, 5) is 31.9. The van der Waals surface area contributed by atoms with E-state index in [0.717, 1.165) is 16.7 Å². The molecule has 282 valence electrons. The van der Waals surface area contributed by atoms with Crippen molar-refractivity contribution in [2.75, 3.05) is 27.4 Å². The van der Waals surface area contributed by atoms with Crippen molar-refractivity contribution in [2.45, 2.75) is 57.3 Å². The monoisotopic (exact) mass is 756 g/mol. The number of H-pyrrole nitrogens is 1. The van der Waals surface area contributed by atoms with Crippen LogP contribution >= 0.6 is 8.25 Å². The molecule has 5 aromatic rings. The second-order valence-corrected chi connectivity index (χ2v) is 13.5. The van der Waals surface area contributed by atoms with Crippen molar-refractivity contribution in [3.63, 3.8) is 0 Å². The van der Waals surface area contributed by atoms with E-state index in [1.807, 2.05) is 85.8 Å². The third-order valence-electron chi connectivity index (χ3n) is 9.22. The Morgan fingerprint density at radius 2 is 1.56 bits per heavy atom. The molecule has 0 bridgehead atoms. The molecule has 1 N–H and O–H groups in total. The summed E-state index contributed by atoms with van der Waals surface area (Å²) >= 11 is 0. The SMILES string of the molecule is CCOc1ccnc([C@@H](C)O[P+](=O)O[C@H]2C[C@H](n3cc(C)c(=O)[nH]c3=O)O[C@@H]2COC(c2ccccc2)(c2ccc(OC)cc2)c2ccc(OC)cc2)c1. The molecule has 1 fully saturated rings. The molecule has 1 saturated heterocycles. The van der Waals surface area contributed by atoms with Crippen molar-refractivity contribution < 1.29 is 37.3 Å². The van der Waals surface area contributed by atoms with Gasteiger partial charge < -0.3 is 23.7 Å². The number of aryl methyl sites for hydroxylation is 1. The highest BCUT2D eigenvalue weighted by Gasteiger charge is 2.47. The van der Waals surface area contributed by atoms with Gasteiger partial charge in [-0.1, -0.05) is 54.6 Å². The van der Waals surface area contributed by atoms with Crippen LogP contribution in [0.2, 0.25) is 0 Å². The Kier molecular flexibility index (Phi) is 12.4. The summed E-state index contributed by atoms with van der Waals surface area (Å²) < 4.78 is 56.8. The van der Waals surface area contributed by atoms with Gasteiger partial charge in [0, 0.05) is 35.0 Å². The molecule has 1 aliphatic heterocycles. The molecule has 13 nitrogen and oxygen atoms in total. The maximum absolute atomic E-state index is 13.5. The Balaban J connectivity index is 1.35. The molecule has 0 aliphatic carbocycles.